The van der Waals surface area contributed by atoms with Gasteiger partial charge in [0, 0.05) is 54.3 Å². The summed E-state index contributed by atoms with van der Waals surface area (Å²) < 4.78 is 35.0. The van der Waals surface area contributed by atoms with Gasteiger partial charge >= 0.3 is 6.01 Å². The quantitative estimate of drug-likeness (QED) is 0.169. The summed E-state index contributed by atoms with van der Waals surface area (Å²) in [7, 11) is 1.49. The van der Waals surface area contributed by atoms with E-state index in [1.165, 1.54) is 12.7 Å². The highest BCUT2D eigenvalue weighted by atomic mass is 35.5. The molecule has 11 nitrogen and oxygen atoms in total. The SMILES string of the molecule is COc1nc(-c2c(C=N)c(N)cc(Cl)c2C2CC2)c(F)c2nc(OCC34CCCN3C/C(=C\CO)C4)nc(N3CCCOCC3)c12. The fourth-order valence-corrected chi connectivity index (χ4v) is 7.76. The first-order chi connectivity index (χ1) is 22.4. The lowest BCUT2D eigenvalue weighted by atomic mass is 9.93. The van der Waals surface area contributed by atoms with Crippen molar-refractivity contribution in [3.63, 3.8) is 0 Å². The molecule has 1 aromatic carbocycles. The van der Waals surface area contributed by atoms with E-state index in [1.807, 2.05) is 11.0 Å². The summed E-state index contributed by atoms with van der Waals surface area (Å²) >= 11 is 6.71. The number of nitrogens with zero attached hydrogens (tertiary/aromatic N) is 5. The van der Waals surface area contributed by atoms with Crippen LogP contribution in [0.15, 0.2) is 17.7 Å². The molecule has 0 bridgehead atoms. The second-order valence-corrected chi connectivity index (χ2v) is 13.0. The van der Waals surface area contributed by atoms with E-state index in [0.29, 0.717) is 60.3 Å². The normalized spacial score (nSPS) is 22.8. The van der Waals surface area contributed by atoms with Gasteiger partial charge in [0.1, 0.15) is 29.0 Å². The third-order valence-corrected chi connectivity index (χ3v) is 10.0. The molecular formula is C33H39ClFN7O4. The Bertz CT molecular complexity index is 1710. The van der Waals surface area contributed by atoms with Crippen molar-refractivity contribution in [1.29, 1.82) is 5.41 Å². The van der Waals surface area contributed by atoms with Gasteiger partial charge in [0.15, 0.2) is 5.82 Å². The maximum Gasteiger partial charge on any atom is 0.319 e. The zero-order valence-electron chi connectivity index (χ0n) is 26.0. The largest absolute Gasteiger partial charge is 0.480 e. The van der Waals surface area contributed by atoms with Crippen molar-refractivity contribution >= 4 is 40.2 Å². The Balaban J connectivity index is 1.40. The fraction of sp³-hybridized carbons (Fsp3) is 0.515. The maximum absolute atomic E-state index is 17.1. The lowest BCUT2D eigenvalue weighted by molar-refractivity contribution is 0.108. The third-order valence-electron chi connectivity index (χ3n) is 9.72. The first-order valence-corrected chi connectivity index (χ1v) is 16.3. The van der Waals surface area contributed by atoms with Gasteiger partial charge in [-0.3, -0.25) is 4.90 Å². The van der Waals surface area contributed by atoms with E-state index in [-0.39, 0.29) is 46.9 Å². The molecule has 5 heterocycles. The van der Waals surface area contributed by atoms with Gasteiger partial charge in [0.05, 0.1) is 25.9 Å². The number of nitrogens with two attached hydrogens (primary N) is 1. The van der Waals surface area contributed by atoms with E-state index in [4.69, 9.17) is 46.9 Å². The second-order valence-electron chi connectivity index (χ2n) is 12.6. The number of hydrogen-bond acceptors (Lipinski definition) is 11. The summed E-state index contributed by atoms with van der Waals surface area (Å²) in [6, 6.07) is 1.69. The average molecular weight is 652 g/mol. The molecule has 0 amide bonds. The van der Waals surface area contributed by atoms with Crippen molar-refractivity contribution in [1.82, 2.24) is 19.9 Å². The summed E-state index contributed by atoms with van der Waals surface area (Å²) in [4.78, 5) is 18.7. The maximum atomic E-state index is 17.1. The van der Waals surface area contributed by atoms with E-state index in [2.05, 4.69) is 9.88 Å². The Kier molecular flexibility index (Phi) is 8.47. The lowest BCUT2D eigenvalue weighted by Crippen LogP contribution is -2.43. The van der Waals surface area contributed by atoms with Gasteiger partial charge in [-0.1, -0.05) is 23.3 Å². The van der Waals surface area contributed by atoms with E-state index in [0.717, 1.165) is 63.4 Å². The number of nitrogens with one attached hydrogen (secondary N) is 1. The predicted octanol–water partition coefficient (Wildman–Crippen LogP) is 4.71. The molecule has 3 saturated heterocycles. The fourth-order valence-electron chi connectivity index (χ4n) is 7.39. The number of benzene rings is 1. The van der Waals surface area contributed by atoms with E-state index >= 15 is 4.39 Å². The number of anilines is 2. The van der Waals surface area contributed by atoms with Crippen molar-refractivity contribution in [2.45, 2.75) is 50.0 Å². The monoisotopic (exact) mass is 651 g/mol. The Morgan fingerprint density at radius 2 is 2.07 bits per heavy atom. The van der Waals surface area contributed by atoms with Crippen molar-refractivity contribution < 1.29 is 23.7 Å². The number of aliphatic hydroxyl groups excluding tert-OH is 1. The predicted molar refractivity (Wildman–Crippen MR) is 175 cm³/mol. The highest BCUT2D eigenvalue weighted by Crippen LogP contribution is 2.51. The molecule has 46 heavy (non-hydrogen) atoms. The van der Waals surface area contributed by atoms with E-state index in [1.54, 1.807) is 6.07 Å². The number of ether oxygens (including phenoxy) is 3. The van der Waals surface area contributed by atoms with Crippen LogP contribution in [0, 0.1) is 11.2 Å². The first-order valence-electron chi connectivity index (χ1n) is 15.9. The smallest absolute Gasteiger partial charge is 0.319 e. The van der Waals surface area contributed by atoms with Crippen LogP contribution in [0.25, 0.3) is 22.2 Å². The van der Waals surface area contributed by atoms with Gasteiger partial charge in [0.25, 0.3) is 0 Å². The molecule has 2 aromatic heterocycles. The van der Waals surface area contributed by atoms with Crippen molar-refractivity contribution in [2.75, 3.05) is 70.3 Å². The van der Waals surface area contributed by atoms with Gasteiger partial charge in [0.2, 0.25) is 5.88 Å². The molecule has 244 valence electrons. The number of fused-ring (bicyclic) bond motifs is 2. The van der Waals surface area contributed by atoms with Crippen LogP contribution in [-0.4, -0.2) is 96.4 Å². The number of pyridine rings is 1. The highest BCUT2D eigenvalue weighted by molar-refractivity contribution is 6.32. The lowest BCUT2D eigenvalue weighted by Gasteiger charge is -2.31. The Labute approximate surface area is 272 Å². The molecule has 13 heteroatoms. The van der Waals surface area contributed by atoms with Crippen molar-refractivity contribution in [3.8, 4) is 23.1 Å². The number of halogens is 2. The minimum absolute atomic E-state index is 0.00864. The van der Waals surface area contributed by atoms with Crippen LogP contribution in [0.1, 0.15) is 55.6 Å². The Hall–Kier alpha value is -3.58. The summed E-state index contributed by atoms with van der Waals surface area (Å²) in [6.07, 6.45) is 8.36. The van der Waals surface area contributed by atoms with Crippen LogP contribution in [0.4, 0.5) is 15.9 Å². The Morgan fingerprint density at radius 1 is 1.22 bits per heavy atom. The summed E-state index contributed by atoms with van der Waals surface area (Å²) in [5.41, 5.74) is 9.00. The molecule has 4 fully saturated rings. The van der Waals surface area contributed by atoms with Crippen LogP contribution in [0.2, 0.25) is 5.02 Å². The standard InChI is InChI=1S/C33H39ClFN7O4/c1-44-31-26-29(27(35)28(38-31)25-21(16-36)23(37)14-22(34)24(25)20-4-5-20)39-32(40-30(26)41-8-3-12-45-13-10-41)46-18-33-7-2-9-42(33)17-19(15-33)6-11-43/h6,14,16,20,36,43H,2-5,7-13,15,17-18,37H2,1H3/b19-6-,36-16?. The van der Waals surface area contributed by atoms with Gasteiger partial charge < -0.3 is 35.4 Å². The molecule has 0 radical (unpaired) electrons. The molecule has 1 unspecified atom stereocenters. The zero-order valence-corrected chi connectivity index (χ0v) is 26.7. The van der Waals surface area contributed by atoms with Gasteiger partial charge in [-0.2, -0.15) is 9.97 Å². The molecule has 4 aliphatic rings. The molecular weight excluding hydrogens is 613 g/mol. The number of methoxy groups -OCH3 is 1. The van der Waals surface area contributed by atoms with Gasteiger partial charge in [-0.15, -0.1) is 0 Å². The molecule has 0 spiro atoms. The van der Waals surface area contributed by atoms with Gasteiger partial charge in [-0.05, 0) is 62.6 Å². The van der Waals surface area contributed by atoms with Crippen molar-refractivity contribution in [3.05, 3.63) is 39.7 Å². The molecule has 4 N–H and O–H groups in total. The summed E-state index contributed by atoms with van der Waals surface area (Å²) in [5.74, 6) is 0.0568. The molecule has 7 rings (SSSR count). The first kappa shape index (κ1) is 31.0. The number of nitrogen functional groups attached to an aromatic ring is 1. The number of aliphatic hydroxyl groups is 1. The van der Waals surface area contributed by atoms with E-state index < -0.39 is 5.82 Å². The number of hydrogen-bond donors (Lipinski definition) is 3. The summed E-state index contributed by atoms with van der Waals surface area (Å²) in [6.45, 7) is 4.37. The second kappa shape index (κ2) is 12.6. The third kappa shape index (κ3) is 5.44. The highest BCUT2D eigenvalue weighted by Gasteiger charge is 2.47. The topological polar surface area (TPSA) is 143 Å². The minimum atomic E-state index is -0.684. The molecule has 1 saturated carbocycles. The average Bonchev–Trinajstić information content (AvgIpc) is 3.79. The molecule has 3 aliphatic heterocycles. The molecule has 3 aromatic rings. The van der Waals surface area contributed by atoms with Crippen LogP contribution in [-0.2, 0) is 4.74 Å². The van der Waals surface area contributed by atoms with E-state index in [9.17, 15) is 5.11 Å². The van der Waals surface area contributed by atoms with Crippen LogP contribution in [0.5, 0.6) is 11.9 Å². The number of aromatic nitrogens is 3. The molecule has 1 atom stereocenters. The minimum Gasteiger partial charge on any atom is -0.480 e. The van der Waals surface area contributed by atoms with Crippen molar-refractivity contribution in [2.24, 2.45) is 0 Å². The number of rotatable bonds is 9. The molecule has 1 aliphatic carbocycles. The van der Waals surface area contributed by atoms with Crippen LogP contribution < -0.4 is 20.1 Å². The summed E-state index contributed by atoms with van der Waals surface area (Å²) in [5, 5.41) is 18.4. The zero-order chi connectivity index (χ0) is 32.0. The van der Waals surface area contributed by atoms with Crippen LogP contribution in [0.3, 0.4) is 0 Å². The van der Waals surface area contributed by atoms with Gasteiger partial charge in [-0.25, -0.2) is 9.37 Å². The van der Waals surface area contributed by atoms with Crippen LogP contribution >= 0.6 is 11.6 Å². The Morgan fingerprint density at radius 3 is 2.83 bits per heavy atom.